The molecule has 2 aromatic carbocycles. The summed E-state index contributed by atoms with van der Waals surface area (Å²) in [5, 5.41) is 6.26. The highest BCUT2D eigenvalue weighted by atomic mass is 35.5. The number of hydroxylamine groups is 1. The average molecular weight is 586 g/mol. The zero-order valence-electron chi connectivity index (χ0n) is 23.5. The van der Waals surface area contributed by atoms with Crippen LogP contribution < -0.4 is 16.1 Å². The lowest BCUT2D eigenvalue weighted by atomic mass is 9.82. The van der Waals surface area contributed by atoms with Gasteiger partial charge in [0.15, 0.2) is 0 Å². The number of nitrogens with one attached hydrogen (secondary N) is 3. The fourth-order valence-electron chi connectivity index (χ4n) is 4.86. The number of carbonyl (C=O) groups is 4. The Balaban J connectivity index is 1.37. The summed E-state index contributed by atoms with van der Waals surface area (Å²) in [7, 11) is 0. The molecule has 2 aromatic rings. The second kappa shape index (κ2) is 17.3. The number of rotatable bonds is 13. The van der Waals surface area contributed by atoms with Gasteiger partial charge in [-0.2, -0.15) is 5.48 Å². The SMILES string of the molecule is CC(CCC(=O)ONC(=O)CC(NC(=O)OCc1cccc(Cl)c1)C1CCCCC1)C(=O)NCCc1ccccc1. The van der Waals surface area contributed by atoms with Crippen molar-refractivity contribution < 1.29 is 28.8 Å². The molecule has 1 saturated carbocycles. The normalized spacial score (nSPS) is 14.8. The summed E-state index contributed by atoms with van der Waals surface area (Å²) in [6.45, 7) is 2.31. The molecule has 9 nitrogen and oxygen atoms in total. The number of carbonyl (C=O) groups excluding carboxylic acids is 4. The molecule has 1 fully saturated rings. The highest BCUT2D eigenvalue weighted by molar-refractivity contribution is 6.30. The van der Waals surface area contributed by atoms with E-state index in [1.165, 1.54) is 0 Å². The fourth-order valence-corrected chi connectivity index (χ4v) is 5.07. The maximum Gasteiger partial charge on any atom is 0.407 e. The predicted molar refractivity (Wildman–Crippen MR) is 156 cm³/mol. The molecular formula is C31H40ClN3O6. The van der Waals surface area contributed by atoms with E-state index < -0.39 is 24.0 Å². The number of hydrogen-bond acceptors (Lipinski definition) is 6. The van der Waals surface area contributed by atoms with Crippen molar-refractivity contribution in [3.8, 4) is 0 Å². The minimum Gasteiger partial charge on any atom is -0.445 e. The van der Waals surface area contributed by atoms with Crippen molar-refractivity contribution in [3.05, 3.63) is 70.7 Å². The Labute approximate surface area is 246 Å². The smallest absolute Gasteiger partial charge is 0.407 e. The van der Waals surface area contributed by atoms with Gasteiger partial charge in [-0.25, -0.2) is 9.59 Å². The van der Waals surface area contributed by atoms with E-state index in [-0.39, 0.29) is 43.6 Å². The first kappa shape index (κ1) is 31.9. The zero-order valence-corrected chi connectivity index (χ0v) is 24.3. The summed E-state index contributed by atoms with van der Waals surface area (Å²) in [6, 6.07) is 16.4. The Morgan fingerprint density at radius 1 is 0.976 bits per heavy atom. The number of benzene rings is 2. The van der Waals surface area contributed by atoms with E-state index in [4.69, 9.17) is 21.2 Å². The first-order valence-electron chi connectivity index (χ1n) is 14.3. The number of amides is 3. The lowest BCUT2D eigenvalue weighted by Crippen LogP contribution is -2.44. The molecule has 1 aliphatic rings. The molecular weight excluding hydrogens is 546 g/mol. The second-order valence-corrected chi connectivity index (χ2v) is 11.0. The maximum absolute atomic E-state index is 12.6. The molecule has 0 heterocycles. The van der Waals surface area contributed by atoms with Gasteiger partial charge in [0, 0.05) is 29.9 Å². The Bertz CT molecular complexity index is 1140. The van der Waals surface area contributed by atoms with Gasteiger partial charge in [0.2, 0.25) is 5.91 Å². The molecule has 1 aliphatic carbocycles. The summed E-state index contributed by atoms with van der Waals surface area (Å²) in [4.78, 5) is 54.7. The largest absolute Gasteiger partial charge is 0.445 e. The third-order valence-electron chi connectivity index (χ3n) is 7.25. The van der Waals surface area contributed by atoms with Crippen LogP contribution in [0.4, 0.5) is 4.79 Å². The standard InChI is InChI=1S/C31H40ClN3O6/c1-22(30(38)33-18-17-23-9-4-2-5-10-23)15-16-29(37)41-35-28(36)20-27(25-12-6-3-7-13-25)34-31(39)40-21-24-11-8-14-26(32)19-24/h2,4-5,8-11,14,19,22,25,27H,3,6-7,12-13,15-18,20-21H2,1H3,(H,33,38)(H,34,39)(H,35,36). The summed E-state index contributed by atoms with van der Waals surface area (Å²) in [5.41, 5.74) is 4.09. The number of hydrogen-bond donors (Lipinski definition) is 3. The molecule has 0 saturated heterocycles. The van der Waals surface area contributed by atoms with Gasteiger partial charge in [0.05, 0.1) is 6.42 Å². The van der Waals surface area contributed by atoms with Crippen LogP contribution in [0.15, 0.2) is 54.6 Å². The minimum absolute atomic E-state index is 0.0202. The summed E-state index contributed by atoms with van der Waals surface area (Å²) in [6.07, 6.45) is 5.26. The van der Waals surface area contributed by atoms with Gasteiger partial charge in [-0.05, 0) is 54.9 Å². The van der Waals surface area contributed by atoms with E-state index in [0.29, 0.717) is 11.6 Å². The van der Waals surface area contributed by atoms with Crippen molar-refractivity contribution in [1.29, 1.82) is 0 Å². The molecule has 0 radical (unpaired) electrons. The molecule has 3 N–H and O–H groups in total. The van der Waals surface area contributed by atoms with Crippen molar-refractivity contribution >= 4 is 35.5 Å². The Morgan fingerprint density at radius 2 is 1.71 bits per heavy atom. The first-order chi connectivity index (χ1) is 19.8. The first-order valence-corrected chi connectivity index (χ1v) is 14.7. The van der Waals surface area contributed by atoms with E-state index in [2.05, 4.69) is 16.1 Å². The van der Waals surface area contributed by atoms with Gasteiger partial charge in [-0.1, -0.05) is 80.3 Å². The number of alkyl carbamates (subject to hydrolysis) is 1. The molecule has 3 amide bonds. The van der Waals surface area contributed by atoms with Crippen LogP contribution in [-0.2, 0) is 37.0 Å². The van der Waals surface area contributed by atoms with Crippen LogP contribution in [0, 0.1) is 11.8 Å². The van der Waals surface area contributed by atoms with E-state index in [0.717, 1.165) is 49.7 Å². The average Bonchev–Trinajstić information content (AvgIpc) is 2.98. The summed E-state index contributed by atoms with van der Waals surface area (Å²) >= 11 is 5.99. The summed E-state index contributed by atoms with van der Waals surface area (Å²) in [5.74, 6) is -1.56. The van der Waals surface area contributed by atoms with Crippen LogP contribution in [0.2, 0.25) is 5.02 Å². The van der Waals surface area contributed by atoms with Crippen LogP contribution >= 0.6 is 11.6 Å². The van der Waals surface area contributed by atoms with Gasteiger partial charge in [-0.15, -0.1) is 0 Å². The maximum atomic E-state index is 12.6. The molecule has 10 heteroatoms. The lowest BCUT2D eigenvalue weighted by molar-refractivity contribution is -0.158. The van der Waals surface area contributed by atoms with Crippen molar-refractivity contribution in [2.24, 2.45) is 11.8 Å². The van der Waals surface area contributed by atoms with Crippen LogP contribution in [-0.4, -0.2) is 36.5 Å². The van der Waals surface area contributed by atoms with Crippen LogP contribution in [0.25, 0.3) is 0 Å². The molecule has 0 aliphatic heterocycles. The highest BCUT2D eigenvalue weighted by Gasteiger charge is 2.28. The molecule has 0 spiro atoms. The van der Waals surface area contributed by atoms with Crippen molar-refractivity contribution in [1.82, 2.24) is 16.1 Å². The van der Waals surface area contributed by atoms with Gasteiger partial charge >= 0.3 is 12.1 Å². The molecule has 222 valence electrons. The minimum atomic E-state index is -0.634. The Hall–Kier alpha value is -3.59. The predicted octanol–water partition coefficient (Wildman–Crippen LogP) is 5.25. The van der Waals surface area contributed by atoms with Gasteiger partial charge in [0.1, 0.15) is 6.61 Å². The lowest BCUT2D eigenvalue weighted by Gasteiger charge is -2.30. The van der Waals surface area contributed by atoms with Crippen LogP contribution in [0.3, 0.4) is 0 Å². The monoisotopic (exact) mass is 585 g/mol. The number of ether oxygens (including phenoxy) is 1. The van der Waals surface area contributed by atoms with E-state index >= 15 is 0 Å². The van der Waals surface area contributed by atoms with Crippen molar-refractivity contribution in [2.75, 3.05) is 6.54 Å². The highest BCUT2D eigenvalue weighted by Crippen LogP contribution is 2.28. The van der Waals surface area contributed by atoms with Crippen molar-refractivity contribution in [2.45, 2.75) is 77.4 Å². The van der Waals surface area contributed by atoms with Crippen LogP contribution in [0.5, 0.6) is 0 Å². The molecule has 2 unspecified atom stereocenters. The van der Waals surface area contributed by atoms with E-state index in [1.54, 1.807) is 31.2 Å². The Kier molecular flexibility index (Phi) is 13.5. The van der Waals surface area contributed by atoms with Gasteiger partial charge in [0.25, 0.3) is 5.91 Å². The summed E-state index contributed by atoms with van der Waals surface area (Å²) < 4.78 is 5.35. The zero-order chi connectivity index (χ0) is 29.5. The third kappa shape index (κ3) is 12.2. The quantitative estimate of drug-likeness (QED) is 0.276. The second-order valence-electron chi connectivity index (χ2n) is 10.5. The van der Waals surface area contributed by atoms with E-state index in [1.807, 2.05) is 30.3 Å². The number of halogens is 1. The molecule has 2 atom stereocenters. The Morgan fingerprint density at radius 3 is 2.44 bits per heavy atom. The third-order valence-corrected chi connectivity index (χ3v) is 7.48. The van der Waals surface area contributed by atoms with Gasteiger partial charge in [-0.3, -0.25) is 9.59 Å². The molecule has 0 aromatic heterocycles. The van der Waals surface area contributed by atoms with E-state index in [9.17, 15) is 19.2 Å². The molecule has 3 rings (SSSR count). The fraction of sp³-hybridized carbons (Fsp3) is 0.484. The van der Waals surface area contributed by atoms with Gasteiger partial charge < -0.3 is 20.2 Å². The van der Waals surface area contributed by atoms with Crippen LogP contribution in [0.1, 0.15) is 69.4 Å². The van der Waals surface area contributed by atoms with Crippen molar-refractivity contribution in [3.63, 3.8) is 0 Å². The topological polar surface area (TPSA) is 123 Å². The molecule has 0 bridgehead atoms. The molecule has 41 heavy (non-hydrogen) atoms.